The van der Waals surface area contributed by atoms with Crippen LogP contribution >= 0.6 is 15.9 Å². The van der Waals surface area contributed by atoms with E-state index in [4.69, 9.17) is 5.73 Å². The molecule has 10 heavy (non-hydrogen) atoms. The van der Waals surface area contributed by atoms with Gasteiger partial charge < -0.3 is 5.73 Å². The standard InChI is InChI=1S/C7H9BrN2/c1-2-6-7(9)5(8)3-4-10-6/h3-4H,2,9H2,1H3. The van der Waals surface area contributed by atoms with E-state index in [0.717, 1.165) is 22.3 Å². The number of rotatable bonds is 1. The van der Waals surface area contributed by atoms with Gasteiger partial charge in [0.25, 0.3) is 0 Å². The number of halogens is 1. The highest BCUT2D eigenvalue weighted by Crippen LogP contribution is 2.20. The van der Waals surface area contributed by atoms with Crippen LogP contribution in [0.1, 0.15) is 12.6 Å². The van der Waals surface area contributed by atoms with E-state index in [1.54, 1.807) is 6.20 Å². The quantitative estimate of drug-likeness (QED) is 0.754. The van der Waals surface area contributed by atoms with Crippen molar-refractivity contribution in [2.24, 2.45) is 0 Å². The molecular weight excluding hydrogens is 192 g/mol. The molecule has 0 saturated carbocycles. The third kappa shape index (κ3) is 1.29. The molecule has 1 aromatic rings. The molecule has 0 unspecified atom stereocenters. The molecule has 0 aliphatic heterocycles. The average molecular weight is 201 g/mol. The highest BCUT2D eigenvalue weighted by molar-refractivity contribution is 9.10. The number of aryl methyl sites for hydroxylation is 1. The van der Waals surface area contributed by atoms with Crippen LogP contribution in [0.5, 0.6) is 0 Å². The highest BCUT2D eigenvalue weighted by Gasteiger charge is 1.99. The molecular formula is C7H9BrN2. The lowest BCUT2D eigenvalue weighted by Gasteiger charge is -2.01. The number of hydrogen-bond donors (Lipinski definition) is 1. The number of hydrogen-bond acceptors (Lipinski definition) is 2. The van der Waals surface area contributed by atoms with Crippen molar-refractivity contribution in [2.45, 2.75) is 13.3 Å². The molecule has 0 radical (unpaired) electrons. The van der Waals surface area contributed by atoms with Gasteiger partial charge in [0, 0.05) is 10.7 Å². The van der Waals surface area contributed by atoms with Crippen LogP contribution in [0.3, 0.4) is 0 Å². The number of nitrogen functional groups attached to an aromatic ring is 1. The number of pyridine rings is 1. The van der Waals surface area contributed by atoms with Crippen molar-refractivity contribution in [3.05, 3.63) is 22.4 Å². The van der Waals surface area contributed by atoms with Crippen molar-refractivity contribution in [3.63, 3.8) is 0 Å². The summed E-state index contributed by atoms with van der Waals surface area (Å²) in [6, 6.07) is 1.84. The molecule has 0 spiro atoms. The Kier molecular flexibility index (Phi) is 2.27. The molecule has 1 rings (SSSR count). The van der Waals surface area contributed by atoms with Gasteiger partial charge in [-0.3, -0.25) is 4.98 Å². The fourth-order valence-electron chi connectivity index (χ4n) is 0.772. The summed E-state index contributed by atoms with van der Waals surface area (Å²) in [5, 5.41) is 0. The van der Waals surface area contributed by atoms with E-state index < -0.39 is 0 Å². The van der Waals surface area contributed by atoms with E-state index in [2.05, 4.69) is 20.9 Å². The summed E-state index contributed by atoms with van der Waals surface area (Å²) in [4.78, 5) is 4.10. The number of nitrogens with two attached hydrogens (primary N) is 1. The van der Waals surface area contributed by atoms with Crippen LogP contribution in [-0.2, 0) is 6.42 Å². The van der Waals surface area contributed by atoms with E-state index >= 15 is 0 Å². The van der Waals surface area contributed by atoms with Gasteiger partial charge in [0.05, 0.1) is 11.4 Å². The molecule has 0 aliphatic carbocycles. The Bertz CT molecular complexity index is 235. The zero-order chi connectivity index (χ0) is 7.56. The summed E-state index contributed by atoms with van der Waals surface area (Å²) in [7, 11) is 0. The predicted octanol–water partition coefficient (Wildman–Crippen LogP) is 1.99. The zero-order valence-electron chi connectivity index (χ0n) is 5.76. The molecule has 0 aliphatic rings. The molecule has 1 aromatic heterocycles. The normalized spacial score (nSPS) is 9.80. The Hall–Kier alpha value is -0.570. The minimum absolute atomic E-state index is 0.755. The van der Waals surface area contributed by atoms with Crippen molar-refractivity contribution in [2.75, 3.05) is 5.73 Å². The summed E-state index contributed by atoms with van der Waals surface area (Å²) in [5.41, 5.74) is 7.39. The van der Waals surface area contributed by atoms with Crippen molar-refractivity contribution < 1.29 is 0 Å². The average Bonchev–Trinajstić information content (AvgIpc) is 1.95. The SMILES string of the molecule is CCc1nccc(Br)c1N. The number of anilines is 1. The largest absolute Gasteiger partial charge is 0.396 e. The highest BCUT2D eigenvalue weighted by atomic mass is 79.9. The van der Waals surface area contributed by atoms with Crippen LogP contribution in [0.25, 0.3) is 0 Å². The summed E-state index contributed by atoms with van der Waals surface area (Å²) < 4.78 is 0.930. The fourth-order valence-corrected chi connectivity index (χ4v) is 1.12. The smallest absolute Gasteiger partial charge is 0.0677 e. The van der Waals surface area contributed by atoms with Gasteiger partial charge in [-0.1, -0.05) is 6.92 Å². The summed E-state index contributed by atoms with van der Waals surface area (Å²) >= 11 is 3.32. The van der Waals surface area contributed by atoms with Crippen LogP contribution in [0.4, 0.5) is 5.69 Å². The van der Waals surface area contributed by atoms with Crippen LogP contribution < -0.4 is 5.73 Å². The van der Waals surface area contributed by atoms with E-state index in [0.29, 0.717) is 0 Å². The van der Waals surface area contributed by atoms with Crippen molar-refractivity contribution >= 4 is 21.6 Å². The Morgan fingerprint density at radius 1 is 1.70 bits per heavy atom. The van der Waals surface area contributed by atoms with E-state index in [9.17, 15) is 0 Å². The summed E-state index contributed by atoms with van der Waals surface area (Å²) in [6.07, 6.45) is 2.63. The third-order valence-electron chi connectivity index (χ3n) is 1.35. The Morgan fingerprint density at radius 2 is 2.40 bits per heavy atom. The zero-order valence-corrected chi connectivity index (χ0v) is 7.35. The fraction of sp³-hybridized carbons (Fsp3) is 0.286. The van der Waals surface area contributed by atoms with Gasteiger partial charge in [0.1, 0.15) is 0 Å². The first-order valence-electron chi connectivity index (χ1n) is 3.14. The molecule has 3 heteroatoms. The van der Waals surface area contributed by atoms with Crippen LogP contribution in [0.15, 0.2) is 16.7 Å². The van der Waals surface area contributed by atoms with Crippen LogP contribution in [0, 0.1) is 0 Å². The molecule has 0 bridgehead atoms. The minimum Gasteiger partial charge on any atom is -0.396 e. The Morgan fingerprint density at radius 3 is 2.90 bits per heavy atom. The second-order valence-electron chi connectivity index (χ2n) is 2.01. The molecule has 0 aromatic carbocycles. The maximum absolute atomic E-state index is 5.68. The van der Waals surface area contributed by atoms with Crippen molar-refractivity contribution in [1.29, 1.82) is 0 Å². The lowest BCUT2D eigenvalue weighted by molar-refractivity contribution is 1.04. The van der Waals surface area contributed by atoms with Gasteiger partial charge in [-0.25, -0.2) is 0 Å². The molecule has 0 atom stereocenters. The van der Waals surface area contributed by atoms with Gasteiger partial charge >= 0.3 is 0 Å². The van der Waals surface area contributed by atoms with Crippen molar-refractivity contribution in [1.82, 2.24) is 4.98 Å². The maximum atomic E-state index is 5.68. The molecule has 1 heterocycles. The Balaban J connectivity index is 3.14. The van der Waals surface area contributed by atoms with Crippen LogP contribution in [-0.4, -0.2) is 4.98 Å². The Labute approximate surface area is 68.6 Å². The van der Waals surface area contributed by atoms with Gasteiger partial charge in [-0.2, -0.15) is 0 Å². The molecule has 54 valence electrons. The van der Waals surface area contributed by atoms with Crippen molar-refractivity contribution in [3.8, 4) is 0 Å². The van der Waals surface area contributed by atoms with Gasteiger partial charge in [0.2, 0.25) is 0 Å². The monoisotopic (exact) mass is 200 g/mol. The lowest BCUT2D eigenvalue weighted by Crippen LogP contribution is -1.96. The molecule has 0 amide bonds. The minimum atomic E-state index is 0.755. The molecule has 2 N–H and O–H groups in total. The molecule has 2 nitrogen and oxygen atoms in total. The van der Waals surface area contributed by atoms with Crippen LogP contribution in [0.2, 0.25) is 0 Å². The number of aromatic nitrogens is 1. The van der Waals surface area contributed by atoms with E-state index in [-0.39, 0.29) is 0 Å². The first-order valence-corrected chi connectivity index (χ1v) is 3.94. The molecule has 0 saturated heterocycles. The first-order chi connectivity index (χ1) is 4.75. The molecule has 0 fully saturated rings. The maximum Gasteiger partial charge on any atom is 0.0677 e. The topological polar surface area (TPSA) is 38.9 Å². The van der Waals surface area contributed by atoms with Gasteiger partial charge in [0.15, 0.2) is 0 Å². The lowest BCUT2D eigenvalue weighted by atomic mass is 10.2. The second kappa shape index (κ2) is 3.01. The second-order valence-corrected chi connectivity index (χ2v) is 2.86. The third-order valence-corrected chi connectivity index (χ3v) is 2.05. The summed E-state index contributed by atoms with van der Waals surface area (Å²) in [5.74, 6) is 0. The van der Waals surface area contributed by atoms with Gasteiger partial charge in [-0.15, -0.1) is 0 Å². The van der Waals surface area contributed by atoms with E-state index in [1.165, 1.54) is 0 Å². The predicted molar refractivity (Wildman–Crippen MR) is 45.7 cm³/mol. The van der Waals surface area contributed by atoms with Gasteiger partial charge in [-0.05, 0) is 28.4 Å². The first kappa shape index (κ1) is 7.54. The number of nitrogens with zero attached hydrogens (tertiary/aromatic N) is 1. The summed E-state index contributed by atoms with van der Waals surface area (Å²) in [6.45, 7) is 2.03. The van der Waals surface area contributed by atoms with E-state index in [1.807, 2.05) is 13.0 Å².